The standard InChI is InChI=1S/C29H25N3OS3/c1-3-35-25-16-14-22(15-17-25)27-23(19-31(30-27)24-12-8-5-9-13-24)18-26-28(33)32(29(34)36-26)20(2)21-10-6-4-7-11-21/h4-20H,3H2,1-2H3. The molecule has 1 fully saturated rings. The molecule has 1 unspecified atom stereocenters. The van der Waals surface area contributed by atoms with E-state index >= 15 is 0 Å². The Bertz CT molecular complexity index is 1410. The first-order valence-corrected chi connectivity index (χ1v) is 14.0. The lowest BCUT2D eigenvalue weighted by molar-refractivity contribution is -0.123. The molecule has 5 rings (SSSR count). The van der Waals surface area contributed by atoms with E-state index in [1.807, 2.05) is 96.3 Å². The summed E-state index contributed by atoms with van der Waals surface area (Å²) < 4.78 is 2.43. The molecule has 0 spiro atoms. The van der Waals surface area contributed by atoms with Crippen molar-refractivity contribution in [3.05, 3.63) is 107 Å². The van der Waals surface area contributed by atoms with Crippen molar-refractivity contribution in [2.75, 3.05) is 5.75 Å². The molecule has 1 atom stereocenters. The van der Waals surface area contributed by atoms with Crippen LogP contribution < -0.4 is 0 Å². The minimum Gasteiger partial charge on any atom is -0.286 e. The molecule has 4 nitrogen and oxygen atoms in total. The van der Waals surface area contributed by atoms with Crippen LogP contribution in [0.5, 0.6) is 0 Å². The van der Waals surface area contributed by atoms with Crippen molar-refractivity contribution < 1.29 is 4.79 Å². The van der Waals surface area contributed by atoms with Crippen molar-refractivity contribution in [3.8, 4) is 16.9 Å². The van der Waals surface area contributed by atoms with Gasteiger partial charge in [-0.05, 0) is 48.6 Å². The second kappa shape index (κ2) is 10.9. The molecular weight excluding hydrogens is 503 g/mol. The molecule has 7 heteroatoms. The van der Waals surface area contributed by atoms with Gasteiger partial charge >= 0.3 is 0 Å². The molecule has 36 heavy (non-hydrogen) atoms. The predicted molar refractivity (Wildman–Crippen MR) is 155 cm³/mol. The molecule has 0 radical (unpaired) electrons. The van der Waals surface area contributed by atoms with Crippen LogP contribution in [-0.4, -0.2) is 30.7 Å². The quantitative estimate of drug-likeness (QED) is 0.140. The summed E-state index contributed by atoms with van der Waals surface area (Å²) in [6.45, 7) is 4.16. The van der Waals surface area contributed by atoms with Gasteiger partial charge in [0.25, 0.3) is 5.91 Å². The molecule has 0 aliphatic carbocycles. The fourth-order valence-electron chi connectivity index (χ4n) is 4.14. The fourth-order valence-corrected chi connectivity index (χ4v) is 6.21. The predicted octanol–water partition coefficient (Wildman–Crippen LogP) is 7.61. The van der Waals surface area contributed by atoms with Crippen molar-refractivity contribution in [1.29, 1.82) is 0 Å². The van der Waals surface area contributed by atoms with Crippen molar-refractivity contribution in [2.24, 2.45) is 0 Å². The zero-order chi connectivity index (χ0) is 25.1. The third-order valence-corrected chi connectivity index (χ3v) is 8.21. The van der Waals surface area contributed by atoms with Crippen LogP contribution in [0.25, 0.3) is 23.0 Å². The van der Waals surface area contributed by atoms with E-state index in [1.54, 1.807) is 4.90 Å². The number of benzene rings is 3. The lowest BCUT2D eigenvalue weighted by Gasteiger charge is -2.23. The summed E-state index contributed by atoms with van der Waals surface area (Å²) >= 11 is 8.79. The Morgan fingerprint density at radius 2 is 1.67 bits per heavy atom. The van der Waals surface area contributed by atoms with Gasteiger partial charge in [-0.2, -0.15) is 5.10 Å². The van der Waals surface area contributed by atoms with Crippen LogP contribution in [-0.2, 0) is 4.79 Å². The van der Waals surface area contributed by atoms with Gasteiger partial charge in [-0.1, -0.05) is 91.6 Å². The zero-order valence-corrected chi connectivity index (χ0v) is 22.4. The first-order valence-electron chi connectivity index (χ1n) is 11.8. The largest absolute Gasteiger partial charge is 0.286 e. The van der Waals surface area contributed by atoms with E-state index in [0.29, 0.717) is 9.23 Å². The normalized spacial score (nSPS) is 15.6. The third-order valence-electron chi connectivity index (χ3n) is 5.98. The lowest BCUT2D eigenvalue weighted by Crippen LogP contribution is -2.30. The smallest absolute Gasteiger partial charge is 0.266 e. The van der Waals surface area contributed by atoms with Gasteiger partial charge < -0.3 is 0 Å². The van der Waals surface area contributed by atoms with E-state index in [2.05, 4.69) is 31.2 Å². The summed E-state index contributed by atoms with van der Waals surface area (Å²) in [5.41, 5.74) is 4.72. The van der Waals surface area contributed by atoms with E-state index in [1.165, 1.54) is 16.7 Å². The van der Waals surface area contributed by atoms with Crippen molar-refractivity contribution in [1.82, 2.24) is 14.7 Å². The summed E-state index contributed by atoms with van der Waals surface area (Å²) in [6, 6.07) is 28.3. The molecule has 0 bridgehead atoms. The van der Waals surface area contributed by atoms with Gasteiger partial charge in [-0.3, -0.25) is 9.69 Å². The fraction of sp³-hybridized carbons (Fsp3) is 0.138. The van der Waals surface area contributed by atoms with Gasteiger partial charge in [0, 0.05) is 22.2 Å². The maximum Gasteiger partial charge on any atom is 0.266 e. The maximum absolute atomic E-state index is 13.5. The van der Waals surface area contributed by atoms with E-state index in [0.717, 1.165) is 33.8 Å². The van der Waals surface area contributed by atoms with Gasteiger partial charge in [0.05, 0.1) is 22.3 Å². The molecule has 1 aliphatic heterocycles. The third kappa shape index (κ3) is 5.05. The number of amides is 1. The summed E-state index contributed by atoms with van der Waals surface area (Å²) in [5.74, 6) is 0.950. The van der Waals surface area contributed by atoms with Gasteiger partial charge in [0.15, 0.2) is 0 Å². The van der Waals surface area contributed by atoms with Gasteiger partial charge in [-0.25, -0.2) is 4.68 Å². The number of hydrogen-bond acceptors (Lipinski definition) is 5. The van der Waals surface area contributed by atoms with Gasteiger partial charge in [0.2, 0.25) is 0 Å². The van der Waals surface area contributed by atoms with Crippen LogP contribution >= 0.6 is 35.7 Å². The number of hydrogen-bond donors (Lipinski definition) is 0. The Morgan fingerprint density at radius 3 is 2.33 bits per heavy atom. The van der Waals surface area contributed by atoms with E-state index < -0.39 is 0 Å². The highest BCUT2D eigenvalue weighted by Crippen LogP contribution is 2.39. The molecule has 180 valence electrons. The van der Waals surface area contributed by atoms with Crippen LogP contribution in [0, 0.1) is 0 Å². The van der Waals surface area contributed by atoms with Crippen LogP contribution in [0.2, 0.25) is 0 Å². The molecule has 3 aromatic carbocycles. The first kappa shape index (κ1) is 24.6. The summed E-state index contributed by atoms with van der Waals surface area (Å²) in [4.78, 5) is 17.0. The minimum atomic E-state index is -0.139. The zero-order valence-electron chi connectivity index (χ0n) is 20.0. The molecule has 4 aromatic rings. The van der Waals surface area contributed by atoms with Crippen LogP contribution in [0.15, 0.2) is 101 Å². The van der Waals surface area contributed by atoms with Crippen molar-refractivity contribution in [2.45, 2.75) is 24.8 Å². The Labute approximate surface area is 225 Å². The summed E-state index contributed by atoms with van der Waals surface area (Å²) in [7, 11) is 0. The second-order valence-electron chi connectivity index (χ2n) is 8.31. The molecule has 0 saturated carbocycles. The maximum atomic E-state index is 13.5. The number of aromatic nitrogens is 2. The Balaban J connectivity index is 1.53. The topological polar surface area (TPSA) is 38.1 Å². The minimum absolute atomic E-state index is 0.0746. The Morgan fingerprint density at radius 1 is 1.00 bits per heavy atom. The molecular formula is C29H25N3OS3. The highest BCUT2D eigenvalue weighted by molar-refractivity contribution is 8.26. The number of carbonyl (C=O) groups excluding carboxylic acids is 1. The molecule has 1 saturated heterocycles. The molecule has 1 aliphatic rings. The Kier molecular flexibility index (Phi) is 7.41. The van der Waals surface area contributed by atoms with E-state index in [9.17, 15) is 4.79 Å². The molecule has 1 amide bonds. The lowest BCUT2D eigenvalue weighted by atomic mass is 10.1. The highest BCUT2D eigenvalue weighted by Gasteiger charge is 2.36. The number of thiocarbonyl (C=S) groups is 1. The van der Waals surface area contributed by atoms with E-state index in [4.69, 9.17) is 17.3 Å². The number of para-hydroxylation sites is 1. The van der Waals surface area contributed by atoms with Crippen molar-refractivity contribution in [3.63, 3.8) is 0 Å². The van der Waals surface area contributed by atoms with Gasteiger partial charge in [-0.15, -0.1) is 11.8 Å². The highest BCUT2D eigenvalue weighted by atomic mass is 32.2. The number of thioether (sulfide) groups is 2. The number of rotatable bonds is 7. The SMILES string of the molecule is CCSc1ccc(-c2nn(-c3ccccc3)cc2C=C2SC(=S)N(C(C)c3ccccc3)C2=O)cc1. The summed E-state index contributed by atoms with van der Waals surface area (Å²) in [5, 5.41) is 4.91. The second-order valence-corrected chi connectivity index (χ2v) is 11.3. The van der Waals surface area contributed by atoms with Crippen LogP contribution in [0.1, 0.15) is 31.0 Å². The Hall–Kier alpha value is -3.13. The summed E-state index contributed by atoms with van der Waals surface area (Å²) in [6.07, 6.45) is 3.90. The van der Waals surface area contributed by atoms with Crippen LogP contribution in [0.3, 0.4) is 0 Å². The molecule has 1 aromatic heterocycles. The number of carbonyl (C=O) groups is 1. The van der Waals surface area contributed by atoms with E-state index in [-0.39, 0.29) is 11.9 Å². The average Bonchev–Trinajstić information content (AvgIpc) is 3.45. The van der Waals surface area contributed by atoms with Crippen LogP contribution in [0.4, 0.5) is 0 Å². The number of nitrogens with zero attached hydrogens (tertiary/aromatic N) is 3. The molecule has 0 N–H and O–H groups in total. The van der Waals surface area contributed by atoms with Gasteiger partial charge in [0.1, 0.15) is 4.32 Å². The first-order chi connectivity index (χ1) is 17.5. The average molecular weight is 528 g/mol. The van der Waals surface area contributed by atoms with Crippen molar-refractivity contribution >= 4 is 52.0 Å². The molecule has 2 heterocycles. The monoisotopic (exact) mass is 527 g/mol.